The summed E-state index contributed by atoms with van der Waals surface area (Å²) in [5.74, 6) is -1.33. The van der Waals surface area contributed by atoms with E-state index in [2.05, 4.69) is 16.0 Å². The quantitative estimate of drug-likeness (QED) is 0.349. The normalized spacial score (nSPS) is 20.7. The molecule has 0 radical (unpaired) electrons. The number of rotatable bonds is 7. The molecule has 3 aromatic carbocycles. The zero-order chi connectivity index (χ0) is 34.8. The van der Waals surface area contributed by atoms with Gasteiger partial charge in [-0.3, -0.25) is 24.0 Å². The third-order valence-corrected chi connectivity index (χ3v) is 8.75. The van der Waals surface area contributed by atoms with Crippen molar-refractivity contribution in [3.05, 3.63) is 95.6 Å². The first-order valence-corrected chi connectivity index (χ1v) is 16.5. The lowest BCUT2D eigenvalue weighted by molar-refractivity contribution is -0.145. The van der Waals surface area contributed by atoms with E-state index in [1.54, 1.807) is 31.4 Å². The largest absolute Gasteiger partial charge is 0.497 e. The molecule has 2 aliphatic heterocycles. The highest BCUT2D eigenvalue weighted by Crippen LogP contribution is 2.23. The molecule has 0 aromatic heterocycles. The Morgan fingerprint density at radius 3 is 2.43 bits per heavy atom. The number of carbonyl (C=O) groups excluding carboxylic acids is 5. The topological polar surface area (TPSA) is 146 Å². The van der Waals surface area contributed by atoms with Gasteiger partial charge in [-0.05, 0) is 61.1 Å². The van der Waals surface area contributed by atoms with Crippen molar-refractivity contribution in [3.63, 3.8) is 0 Å². The fourth-order valence-electron chi connectivity index (χ4n) is 6.15. The van der Waals surface area contributed by atoms with Crippen LogP contribution in [0.1, 0.15) is 40.7 Å². The standard InChI is InChI=1S/C37H43N5O7/c1-41-23-33(43)39-27(21-26-9-4-3-5-10-26)24-49-32-13-7-6-11-29(32)35(45)40-30(22-34(44)42-20-8-12-31(42)37(41)47)36(46)38-19-18-25-14-16-28(48-2)17-15-25/h3-7,9-11,13-17,27,30-31H,8,12,18-24H2,1-2H3,(H,38,46)(H,39,43)(H,40,45)/t27-,30+,31-/m1/s1. The Labute approximate surface area is 286 Å². The highest BCUT2D eigenvalue weighted by atomic mass is 16.5. The van der Waals surface area contributed by atoms with Crippen molar-refractivity contribution in [2.45, 2.75) is 50.2 Å². The molecular formula is C37H43N5O7. The molecule has 1 fully saturated rings. The Balaban J connectivity index is 1.39. The molecule has 12 heteroatoms. The van der Waals surface area contributed by atoms with Crippen molar-refractivity contribution >= 4 is 29.5 Å². The summed E-state index contributed by atoms with van der Waals surface area (Å²) in [6, 6.07) is 21.2. The number of amides is 5. The third-order valence-electron chi connectivity index (χ3n) is 8.75. The summed E-state index contributed by atoms with van der Waals surface area (Å²) in [6.45, 7) is 0.418. The molecule has 1 saturated heterocycles. The van der Waals surface area contributed by atoms with Crippen LogP contribution >= 0.6 is 0 Å². The number of nitrogens with zero attached hydrogens (tertiary/aromatic N) is 2. The first kappa shape index (κ1) is 34.9. The summed E-state index contributed by atoms with van der Waals surface area (Å²) in [6.07, 6.45) is 1.64. The number of nitrogens with one attached hydrogen (secondary N) is 3. The van der Waals surface area contributed by atoms with Crippen molar-refractivity contribution in [1.82, 2.24) is 25.8 Å². The fourth-order valence-corrected chi connectivity index (χ4v) is 6.15. The van der Waals surface area contributed by atoms with Gasteiger partial charge in [-0.15, -0.1) is 0 Å². The Hall–Kier alpha value is -5.39. The fraction of sp³-hybridized carbons (Fsp3) is 0.378. The second-order valence-electron chi connectivity index (χ2n) is 12.3. The maximum atomic E-state index is 13.7. The minimum atomic E-state index is -1.22. The number of carbonyl (C=O) groups is 5. The van der Waals surface area contributed by atoms with Crippen molar-refractivity contribution in [3.8, 4) is 11.5 Å². The molecule has 3 atom stereocenters. The lowest BCUT2D eigenvalue weighted by Crippen LogP contribution is -2.53. The van der Waals surface area contributed by atoms with Gasteiger partial charge in [0.1, 0.15) is 30.2 Å². The number of para-hydroxylation sites is 1. The van der Waals surface area contributed by atoms with E-state index in [1.807, 2.05) is 54.6 Å². The SMILES string of the molecule is COc1ccc(CCNC(=O)[C@@H]2CC(=O)N3CCC[C@@H]3C(=O)N(C)CC(=O)N[C@H](Cc3ccccc3)COc3ccccc3C(=O)N2)cc1. The first-order chi connectivity index (χ1) is 23.7. The molecular weight excluding hydrogens is 626 g/mol. The van der Waals surface area contributed by atoms with Crippen molar-refractivity contribution in [1.29, 1.82) is 0 Å². The lowest BCUT2D eigenvalue weighted by Gasteiger charge is -2.29. The van der Waals surface area contributed by atoms with E-state index < -0.39 is 35.8 Å². The van der Waals surface area contributed by atoms with Gasteiger partial charge in [0.05, 0.1) is 31.7 Å². The van der Waals surface area contributed by atoms with Crippen LogP contribution in [-0.2, 0) is 32.0 Å². The molecule has 0 saturated carbocycles. The van der Waals surface area contributed by atoms with Gasteiger partial charge < -0.3 is 35.2 Å². The van der Waals surface area contributed by atoms with Gasteiger partial charge in [0.25, 0.3) is 5.91 Å². The number of hydrogen-bond acceptors (Lipinski definition) is 7. The second-order valence-corrected chi connectivity index (χ2v) is 12.3. The van der Waals surface area contributed by atoms with Crippen LogP contribution in [0.5, 0.6) is 11.5 Å². The van der Waals surface area contributed by atoms with E-state index in [1.165, 1.54) is 16.8 Å². The molecule has 49 heavy (non-hydrogen) atoms. The van der Waals surface area contributed by atoms with Crippen LogP contribution in [-0.4, -0.2) is 97.9 Å². The van der Waals surface area contributed by atoms with Gasteiger partial charge in [-0.2, -0.15) is 0 Å². The van der Waals surface area contributed by atoms with E-state index >= 15 is 0 Å². The van der Waals surface area contributed by atoms with Crippen LogP contribution in [0, 0.1) is 0 Å². The molecule has 3 N–H and O–H groups in total. The molecule has 12 nitrogen and oxygen atoms in total. The van der Waals surface area contributed by atoms with Crippen LogP contribution in [0.3, 0.4) is 0 Å². The summed E-state index contributed by atoms with van der Waals surface area (Å²) in [4.78, 5) is 70.5. The van der Waals surface area contributed by atoms with Gasteiger partial charge in [0.15, 0.2) is 0 Å². The van der Waals surface area contributed by atoms with E-state index in [-0.39, 0.29) is 49.2 Å². The number of methoxy groups -OCH3 is 1. The highest BCUT2D eigenvalue weighted by molar-refractivity contribution is 6.01. The maximum absolute atomic E-state index is 13.7. The van der Waals surface area contributed by atoms with Crippen LogP contribution in [0.2, 0.25) is 0 Å². The Morgan fingerprint density at radius 2 is 1.67 bits per heavy atom. The predicted octanol–water partition coefficient (Wildman–Crippen LogP) is 2.11. The van der Waals surface area contributed by atoms with Crippen LogP contribution in [0.15, 0.2) is 78.9 Å². The third kappa shape index (κ3) is 9.37. The number of benzene rings is 3. The number of ether oxygens (including phenoxy) is 2. The number of hydrogen-bond donors (Lipinski definition) is 3. The zero-order valence-electron chi connectivity index (χ0n) is 27.9. The summed E-state index contributed by atoms with van der Waals surface area (Å²) in [5.41, 5.74) is 2.12. The lowest BCUT2D eigenvalue weighted by atomic mass is 10.1. The molecule has 0 unspecified atom stereocenters. The first-order valence-electron chi connectivity index (χ1n) is 16.5. The van der Waals surface area contributed by atoms with Crippen molar-refractivity contribution in [2.75, 3.05) is 40.4 Å². The molecule has 2 aliphatic rings. The zero-order valence-corrected chi connectivity index (χ0v) is 27.9. The van der Waals surface area contributed by atoms with E-state index in [0.29, 0.717) is 32.2 Å². The molecule has 0 bridgehead atoms. The molecule has 3 aromatic rings. The minimum Gasteiger partial charge on any atom is -0.497 e. The van der Waals surface area contributed by atoms with Crippen LogP contribution < -0.4 is 25.4 Å². The Morgan fingerprint density at radius 1 is 0.939 bits per heavy atom. The number of fused-ring (bicyclic) bond motifs is 2. The maximum Gasteiger partial charge on any atom is 0.255 e. The van der Waals surface area contributed by atoms with Gasteiger partial charge in [0.2, 0.25) is 23.6 Å². The van der Waals surface area contributed by atoms with Gasteiger partial charge >= 0.3 is 0 Å². The molecule has 5 amide bonds. The molecule has 0 aliphatic carbocycles. The van der Waals surface area contributed by atoms with Gasteiger partial charge in [-0.1, -0.05) is 54.6 Å². The molecule has 5 rings (SSSR count). The average molecular weight is 670 g/mol. The Bertz CT molecular complexity index is 1630. The van der Waals surface area contributed by atoms with Crippen LogP contribution in [0.25, 0.3) is 0 Å². The summed E-state index contributed by atoms with van der Waals surface area (Å²) in [5, 5.41) is 8.60. The van der Waals surface area contributed by atoms with Gasteiger partial charge in [0, 0.05) is 20.1 Å². The molecule has 0 spiro atoms. The summed E-state index contributed by atoms with van der Waals surface area (Å²) in [7, 11) is 3.13. The van der Waals surface area contributed by atoms with E-state index in [9.17, 15) is 24.0 Å². The molecule has 2 heterocycles. The Kier molecular flexibility index (Phi) is 11.9. The smallest absolute Gasteiger partial charge is 0.255 e. The summed E-state index contributed by atoms with van der Waals surface area (Å²) >= 11 is 0. The van der Waals surface area contributed by atoms with Crippen molar-refractivity contribution in [2.24, 2.45) is 0 Å². The van der Waals surface area contributed by atoms with Crippen molar-refractivity contribution < 1.29 is 33.4 Å². The second kappa shape index (κ2) is 16.6. The predicted molar refractivity (Wildman–Crippen MR) is 182 cm³/mol. The van der Waals surface area contributed by atoms with E-state index in [4.69, 9.17) is 9.47 Å². The minimum absolute atomic E-state index is 0.0345. The van der Waals surface area contributed by atoms with Gasteiger partial charge in [-0.25, -0.2) is 0 Å². The summed E-state index contributed by atoms with van der Waals surface area (Å²) < 4.78 is 11.3. The monoisotopic (exact) mass is 669 g/mol. The highest BCUT2D eigenvalue weighted by Gasteiger charge is 2.38. The average Bonchev–Trinajstić information content (AvgIpc) is 3.60. The van der Waals surface area contributed by atoms with E-state index in [0.717, 1.165) is 16.9 Å². The molecule has 258 valence electrons. The van der Waals surface area contributed by atoms with Crippen LogP contribution in [0.4, 0.5) is 0 Å². The number of likely N-dealkylation sites (N-methyl/N-ethyl adjacent to an activating group) is 1.